The fourth-order valence-corrected chi connectivity index (χ4v) is 1.24. The zero-order chi connectivity index (χ0) is 11.3. The molecule has 5 heteroatoms. The molecule has 1 aromatic rings. The Bertz CT molecular complexity index is 390. The van der Waals surface area contributed by atoms with E-state index in [-0.39, 0.29) is 24.0 Å². The number of methoxy groups -OCH3 is 1. The highest BCUT2D eigenvalue weighted by Gasteiger charge is 2.09. The van der Waals surface area contributed by atoms with Gasteiger partial charge >= 0.3 is 0 Å². The Morgan fingerprint density at radius 3 is 2.87 bits per heavy atom. The Balaban J connectivity index is 3.00. The van der Waals surface area contributed by atoms with E-state index in [1.54, 1.807) is 0 Å². The largest absolute Gasteiger partial charge is 0.467 e. The summed E-state index contributed by atoms with van der Waals surface area (Å²) in [4.78, 5) is 0. The summed E-state index contributed by atoms with van der Waals surface area (Å²) in [6, 6.07) is 4.47. The number of hydrogen-bond acceptors (Lipinski definition) is 3. The highest BCUT2D eigenvalue weighted by molar-refractivity contribution is 6.30. The van der Waals surface area contributed by atoms with Crippen molar-refractivity contribution in [3.63, 3.8) is 0 Å². The lowest BCUT2D eigenvalue weighted by Gasteiger charge is -2.09. The van der Waals surface area contributed by atoms with Crippen molar-refractivity contribution < 1.29 is 13.9 Å². The lowest BCUT2D eigenvalue weighted by Crippen LogP contribution is -2.02. The molecule has 0 aliphatic heterocycles. The lowest BCUT2D eigenvalue weighted by atomic mass is 10.1. The summed E-state index contributed by atoms with van der Waals surface area (Å²) in [5.74, 6) is -0.301. The van der Waals surface area contributed by atoms with Crippen LogP contribution in [0.15, 0.2) is 12.1 Å². The number of halogens is 2. The second-order valence-electron chi connectivity index (χ2n) is 2.76. The number of ether oxygens (including phenoxy) is 2. The number of nitriles is 1. The van der Waals surface area contributed by atoms with E-state index in [0.29, 0.717) is 5.56 Å². The Labute approximate surface area is 92.0 Å². The quantitative estimate of drug-likeness (QED) is 0.745. The summed E-state index contributed by atoms with van der Waals surface area (Å²) in [7, 11) is 1.45. The van der Waals surface area contributed by atoms with E-state index in [1.165, 1.54) is 13.2 Å². The molecule has 1 rings (SSSR count). The van der Waals surface area contributed by atoms with Crippen molar-refractivity contribution in [2.45, 2.75) is 6.42 Å². The predicted molar refractivity (Wildman–Crippen MR) is 53.2 cm³/mol. The first-order valence-corrected chi connectivity index (χ1v) is 4.53. The van der Waals surface area contributed by atoms with Gasteiger partial charge in [-0.3, -0.25) is 0 Å². The fourth-order valence-electron chi connectivity index (χ4n) is 1.05. The molecule has 80 valence electrons. The van der Waals surface area contributed by atoms with E-state index in [9.17, 15) is 4.39 Å². The van der Waals surface area contributed by atoms with Gasteiger partial charge in [0.25, 0.3) is 0 Å². The van der Waals surface area contributed by atoms with Crippen LogP contribution in [0.5, 0.6) is 5.75 Å². The van der Waals surface area contributed by atoms with Crippen LogP contribution < -0.4 is 4.74 Å². The molecule has 0 amide bonds. The van der Waals surface area contributed by atoms with Crippen LogP contribution in [0.1, 0.15) is 5.56 Å². The van der Waals surface area contributed by atoms with Gasteiger partial charge in [0.1, 0.15) is 11.6 Å². The summed E-state index contributed by atoms with van der Waals surface area (Å²) in [5, 5.41) is 8.53. The standard InChI is InChI=1S/C10H9ClFNO2/c1-14-6-15-10-5-9(12)8(11)4-7(10)2-3-13/h4-5H,2,6H2,1H3. The minimum absolute atomic E-state index is 0.000495. The van der Waals surface area contributed by atoms with Gasteiger partial charge in [-0.1, -0.05) is 11.6 Å². The molecule has 0 aliphatic carbocycles. The molecule has 0 aliphatic rings. The highest BCUT2D eigenvalue weighted by Crippen LogP contribution is 2.26. The van der Waals surface area contributed by atoms with E-state index in [1.807, 2.05) is 6.07 Å². The Kier molecular flexibility index (Phi) is 4.35. The molecule has 0 heterocycles. The topological polar surface area (TPSA) is 42.2 Å². The van der Waals surface area contributed by atoms with E-state index in [0.717, 1.165) is 6.07 Å². The zero-order valence-corrected chi connectivity index (χ0v) is 8.84. The average molecular weight is 230 g/mol. The van der Waals surface area contributed by atoms with Crippen LogP contribution in [-0.2, 0) is 11.2 Å². The molecule has 0 fully saturated rings. The van der Waals surface area contributed by atoms with Crippen LogP contribution in [0.2, 0.25) is 5.02 Å². The van der Waals surface area contributed by atoms with Crippen LogP contribution in [0.25, 0.3) is 0 Å². The van der Waals surface area contributed by atoms with Crippen LogP contribution >= 0.6 is 11.6 Å². The third kappa shape index (κ3) is 3.08. The molecule has 0 atom stereocenters. The predicted octanol–water partition coefficient (Wildman–Crippen LogP) is 2.53. The Hall–Kier alpha value is -1.31. The molecule has 0 spiro atoms. The summed E-state index contributed by atoms with van der Waals surface area (Å²) < 4.78 is 22.9. The zero-order valence-electron chi connectivity index (χ0n) is 8.09. The van der Waals surface area contributed by atoms with E-state index >= 15 is 0 Å². The highest BCUT2D eigenvalue weighted by atomic mass is 35.5. The molecular weight excluding hydrogens is 221 g/mol. The van der Waals surface area contributed by atoms with Gasteiger partial charge in [-0.25, -0.2) is 4.39 Å². The van der Waals surface area contributed by atoms with E-state index in [4.69, 9.17) is 21.6 Å². The molecular formula is C10H9ClFNO2. The molecule has 0 saturated heterocycles. The number of benzene rings is 1. The molecule has 3 nitrogen and oxygen atoms in total. The molecule has 0 unspecified atom stereocenters. The summed E-state index contributed by atoms with van der Waals surface area (Å²) in [6.07, 6.45) is 0.110. The van der Waals surface area contributed by atoms with Gasteiger partial charge in [0.05, 0.1) is 17.5 Å². The first-order valence-electron chi connectivity index (χ1n) is 4.15. The van der Waals surface area contributed by atoms with Crippen molar-refractivity contribution in [1.82, 2.24) is 0 Å². The normalized spacial score (nSPS) is 9.73. The van der Waals surface area contributed by atoms with Gasteiger partial charge < -0.3 is 9.47 Å². The van der Waals surface area contributed by atoms with Gasteiger partial charge in [0.2, 0.25) is 0 Å². The van der Waals surface area contributed by atoms with Crippen molar-refractivity contribution in [1.29, 1.82) is 5.26 Å². The summed E-state index contributed by atoms with van der Waals surface area (Å²) >= 11 is 5.58. The lowest BCUT2D eigenvalue weighted by molar-refractivity contribution is 0.0503. The Morgan fingerprint density at radius 2 is 2.27 bits per heavy atom. The maximum atomic E-state index is 13.1. The van der Waals surface area contributed by atoms with Crippen LogP contribution in [0.4, 0.5) is 4.39 Å². The molecule has 0 radical (unpaired) electrons. The number of hydrogen-bond donors (Lipinski definition) is 0. The van der Waals surface area contributed by atoms with E-state index in [2.05, 4.69) is 4.74 Å². The van der Waals surface area contributed by atoms with Crippen molar-refractivity contribution >= 4 is 11.6 Å². The summed E-state index contributed by atoms with van der Waals surface area (Å²) in [6.45, 7) is -0.000495. The average Bonchev–Trinajstić information content (AvgIpc) is 2.21. The third-order valence-corrected chi connectivity index (χ3v) is 1.99. The molecule has 0 saturated carbocycles. The molecule has 0 bridgehead atoms. The molecule has 1 aromatic carbocycles. The van der Waals surface area contributed by atoms with Crippen molar-refractivity contribution in [3.05, 3.63) is 28.5 Å². The van der Waals surface area contributed by atoms with Crippen LogP contribution in [-0.4, -0.2) is 13.9 Å². The SMILES string of the molecule is COCOc1cc(F)c(Cl)cc1CC#N. The second kappa shape index (κ2) is 5.54. The first kappa shape index (κ1) is 11.8. The van der Waals surface area contributed by atoms with Gasteiger partial charge in [0, 0.05) is 18.7 Å². The molecule has 0 aromatic heterocycles. The minimum Gasteiger partial charge on any atom is -0.467 e. The first-order chi connectivity index (χ1) is 7.19. The van der Waals surface area contributed by atoms with Crippen LogP contribution in [0, 0.1) is 17.1 Å². The van der Waals surface area contributed by atoms with Crippen molar-refractivity contribution in [2.75, 3.05) is 13.9 Å². The van der Waals surface area contributed by atoms with Gasteiger partial charge in [-0.05, 0) is 6.07 Å². The smallest absolute Gasteiger partial charge is 0.188 e. The number of nitrogens with zero attached hydrogens (tertiary/aromatic N) is 1. The van der Waals surface area contributed by atoms with Gasteiger partial charge in [0.15, 0.2) is 6.79 Å². The summed E-state index contributed by atoms with van der Waals surface area (Å²) in [5.41, 5.74) is 0.543. The van der Waals surface area contributed by atoms with Crippen molar-refractivity contribution in [2.24, 2.45) is 0 Å². The van der Waals surface area contributed by atoms with Crippen molar-refractivity contribution in [3.8, 4) is 11.8 Å². The maximum absolute atomic E-state index is 13.1. The fraction of sp³-hybridized carbons (Fsp3) is 0.300. The third-order valence-electron chi connectivity index (χ3n) is 1.71. The second-order valence-corrected chi connectivity index (χ2v) is 3.17. The maximum Gasteiger partial charge on any atom is 0.188 e. The van der Waals surface area contributed by atoms with Gasteiger partial charge in [-0.15, -0.1) is 0 Å². The minimum atomic E-state index is -0.579. The van der Waals surface area contributed by atoms with Gasteiger partial charge in [-0.2, -0.15) is 5.26 Å². The van der Waals surface area contributed by atoms with Crippen LogP contribution in [0.3, 0.4) is 0 Å². The molecule has 15 heavy (non-hydrogen) atoms. The monoisotopic (exact) mass is 229 g/mol. The number of rotatable bonds is 4. The molecule has 0 N–H and O–H groups in total. The Morgan fingerprint density at radius 1 is 1.53 bits per heavy atom. The van der Waals surface area contributed by atoms with E-state index < -0.39 is 5.82 Å².